The molecular formula is C31H32N6O7S. The summed E-state index contributed by atoms with van der Waals surface area (Å²) in [6, 6.07) is 11.9. The molecule has 0 radical (unpaired) electrons. The largest absolute Gasteiger partial charge is 0.480 e. The van der Waals surface area contributed by atoms with Gasteiger partial charge in [-0.25, -0.2) is 13.4 Å². The van der Waals surface area contributed by atoms with Crippen molar-refractivity contribution in [3.63, 3.8) is 0 Å². The number of aromatic amines is 1. The summed E-state index contributed by atoms with van der Waals surface area (Å²) in [6.45, 7) is 3.04. The van der Waals surface area contributed by atoms with Crippen LogP contribution in [0.2, 0.25) is 0 Å². The van der Waals surface area contributed by atoms with Gasteiger partial charge >= 0.3 is 5.97 Å². The summed E-state index contributed by atoms with van der Waals surface area (Å²) in [5.41, 5.74) is 4.10. The number of aromatic nitrogens is 2. The van der Waals surface area contributed by atoms with Gasteiger partial charge < -0.3 is 26.0 Å². The molecule has 4 bridgehead atoms. The number of fused-ring (bicyclic) bond motifs is 10. The number of rotatable bonds is 5. The maximum Gasteiger partial charge on any atom is 0.317 e. The van der Waals surface area contributed by atoms with E-state index in [-0.39, 0.29) is 35.7 Å². The highest BCUT2D eigenvalue weighted by Crippen LogP contribution is 2.28. The Kier molecular flexibility index (Phi) is 8.71. The molecule has 1 atom stereocenters. The molecule has 1 unspecified atom stereocenters. The molecule has 2 aliphatic heterocycles. The lowest BCUT2D eigenvalue weighted by Crippen LogP contribution is -2.37. The predicted molar refractivity (Wildman–Crippen MR) is 168 cm³/mol. The van der Waals surface area contributed by atoms with Gasteiger partial charge in [0.15, 0.2) is 9.84 Å². The van der Waals surface area contributed by atoms with Gasteiger partial charge in [0.05, 0.1) is 35.2 Å². The minimum atomic E-state index is -3.70. The molecule has 13 nitrogen and oxygen atoms in total. The number of hydrogen-bond donors (Lipinski definition) is 5. The maximum atomic E-state index is 13.9. The van der Waals surface area contributed by atoms with E-state index < -0.39 is 40.2 Å². The number of amides is 2. The van der Waals surface area contributed by atoms with Gasteiger partial charge in [-0.2, -0.15) is 0 Å². The van der Waals surface area contributed by atoms with Crippen molar-refractivity contribution in [3.05, 3.63) is 93.0 Å². The normalized spacial score (nSPS) is 16.3. The van der Waals surface area contributed by atoms with Crippen molar-refractivity contribution in [1.29, 1.82) is 0 Å². The van der Waals surface area contributed by atoms with Crippen LogP contribution in [0.25, 0.3) is 10.9 Å². The number of benzene rings is 3. The van der Waals surface area contributed by atoms with Crippen molar-refractivity contribution in [1.82, 2.24) is 20.2 Å². The molecular weight excluding hydrogens is 600 g/mol. The second kappa shape index (κ2) is 12.5. The number of aryl methyl sites for hydroxylation is 2. The number of anilines is 2. The quantitative estimate of drug-likeness (QED) is 0.218. The van der Waals surface area contributed by atoms with Crippen molar-refractivity contribution in [2.75, 3.05) is 30.0 Å². The number of carbonyl (C=O) groups is 3. The Morgan fingerprint density at radius 2 is 1.78 bits per heavy atom. The Morgan fingerprint density at radius 1 is 1.04 bits per heavy atom. The fourth-order valence-corrected chi connectivity index (χ4v) is 6.42. The summed E-state index contributed by atoms with van der Waals surface area (Å²) >= 11 is 0. The lowest BCUT2D eigenvalue weighted by Gasteiger charge is -2.25. The second-order valence-electron chi connectivity index (χ2n) is 11.1. The van der Waals surface area contributed by atoms with Crippen molar-refractivity contribution in [3.8, 4) is 0 Å². The zero-order valence-corrected chi connectivity index (χ0v) is 25.6. The summed E-state index contributed by atoms with van der Waals surface area (Å²) in [5.74, 6) is -2.06. The van der Waals surface area contributed by atoms with Gasteiger partial charge in [0.25, 0.3) is 5.56 Å². The molecule has 14 heteroatoms. The third-order valence-corrected chi connectivity index (χ3v) is 8.77. The van der Waals surface area contributed by atoms with E-state index >= 15 is 0 Å². The van der Waals surface area contributed by atoms with E-state index in [1.807, 2.05) is 26.0 Å². The summed E-state index contributed by atoms with van der Waals surface area (Å²) in [7, 11) is -3.70. The first-order valence-electron chi connectivity index (χ1n) is 14.0. The molecule has 0 spiro atoms. The summed E-state index contributed by atoms with van der Waals surface area (Å²) in [5, 5.41) is 18.6. The Bertz CT molecular complexity index is 1980. The first-order chi connectivity index (χ1) is 21.3. The SMILES string of the molecule is Cc1cc2cc(C)c1CN(CC(=O)O)CC(=O)Nc1ccc(S(C)(=O)=O)c(c1)CNC(=O)C2Nc1ccc2nc[nH]c(=O)c2c1. The van der Waals surface area contributed by atoms with E-state index in [0.717, 1.165) is 22.9 Å². The molecule has 2 amide bonds. The van der Waals surface area contributed by atoms with Crippen LogP contribution in [-0.4, -0.2) is 65.5 Å². The monoisotopic (exact) mass is 632 g/mol. The average molecular weight is 633 g/mol. The molecule has 0 fully saturated rings. The zero-order valence-electron chi connectivity index (χ0n) is 24.8. The summed E-state index contributed by atoms with van der Waals surface area (Å²) < 4.78 is 25.2. The molecule has 6 rings (SSSR count). The van der Waals surface area contributed by atoms with E-state index in [9.17, 15) is 32.7 Å². The maximum absolute atomic E-state index is 13.9. The fraction of sp³-hybridized carbons (Fsp3) is 0.258. The third-order valence-electron chi connectivity index (χ3n) is 7.57. The molecule has 5 N–H and O–H groups in total. The van der Waals surface area contributed by atoms with Crippen molar-refractivity contribution < 1.29 is 27.9 Å². The lowest BCUT2D eigenvalue weighted by molar-refractivity contribution is -0.138. The first-order valence-corrected chi connectivity index (χ1v) is 15.9. The van der Waals surface area contributed by atoms with Crippen LogP contribution in [0.5, 0.6) is 0 Å². The van der Waals surface area contributed by atoms with Crippen LogP contribution in [0.3, 0.4) is 0 Å². The highest BCUT2D eigenvalue weighted by molar-refractivity contribution is 7.90. The molecule has 3 heterocycles. The third kappa shape index (κ3) is 7.19. The number of nitrogens with one attached hydrogen (secondary N) is 4. The van der Waals surface area contributed by atoms with Gasteiger partial charge in [-0.15, -0.1) is 0 Å². The number of carboxylic acids is 1. The van der Waals surface area contributed by atoms with Gasteiger partial charge in [0.1, 0.15) is 6.04 Å². The van der Waals surface area contributed by atoms with E-state index in [4.69, 9.17) is 0 Å². The van der Waals surface area contributed by atoms with Gasteiger partial charge in [-0.1, -0.05) is 12.1 Å². The molecule has 3 aromatic carbocycles. The van der Waals surface area contributed by atoms with Crippen LogP contribution in [0.1, 0.15) is 33.9 Å². The van der Waals surface area contributed by atoms with Crippen LogP contribution < -0.4 is 21.5 Å². The van der Waals surface area contributed by atoms with Gasteiger partial charge in [0.2, 0.25) is 11.8 Å². The standard InChI is InChI=1S/C31H32N6O7S/c1-17-8-19-9-18(2)24(17)13-37(15-28(39)40)14-27(38)35-21-5-7-26(45(3,43)44)20(10-21)12-32-31(42)29(19)36-22-4-6-25-23(11-22)30(41)34-16-33-25/h4-11,16,29,36H,12-15H2,1-3H3,(H,32,42)(H,35,38)(H,39,40)(H,33,34,41). The molecule has 0 aliphatic carbocycles. The van der Waals surface area contributed by atoms with Gasteiger partial charge in [0, 0.05) is 30.7 Å². The van der Waals surface area contributed by atoms with Crippen LogP contribution in [0, 0.1) is 13.8 Å². The molecule has 0 saturated heterocycles. The highest BCUT2D eigenvalue weighted by atomic mass is 32.2. The molecule has 0 saturated carbocycles. The molecule has 2 aliphatic rings. The number of aliphatic carboxylic acids is 1. The molecule has 234 valence electrons. The Balaban J connectivity index is 1.62. The van der Waals surface area contributed by atoms with E-state index in [2.05, 4.69) is 25.9 Å². The minimum absolute atomic E-state index is 0.0174. The van der Waals surface area contributed by atoms with E-state index in [1.54, 1.807) is 18.2 Å². The summed E-state index contributed by atoms with van der Waals surface area (Å²) in [4.78, 5) is 59.2. The zero-order chi connectivity index (χ0) is 32.5. The van der Waals surface area contributed by atoms with Gasteiger partial charge in [-0.3, -0.25) is 24.1 Å². The topological polar surface area (TPSA) is 191 Å². The summed E-state index contributed by atoms with van der Waals surface area (Å²) in [6.07, 6.45) is 2.36. The number of H-pyrrole nitrogens is 1. The van der Waals surface area contributed by atoms with Crippen LogP contribution >= 0.6 is 0 Å². The average Bonchev–Trinajstić information content (AvgIpc) is 2.95. The van der Waals surface area contributed by atoms with Crippen LogP contribution in [-0.2, 0) is 37.3 Å². The molecule has 4 aromatic rings. The Hall–Kier alpha value is -5.08. The lowest BCUT2D eigenvalue weighted by atomic mass is 9.94. The number of nitrogens with zero attached hydrogens (tertiary/aromatic N) is 2. The Morgan fingerprint density at radius 3 is 2.47 bits per heavy atom. The fourth-order valence-electron chi connectivity index (χ4n) is 5.50. The van der Waals surface area contributed by atoms with E-state index in [1.165, 1.54) is 29.4 Å². The first kappa shape index (κ1) is 31.3. The minimum Gasteiger partial charge on any atom is -0.480 e. The molecule has 45 heavy (non-hydrogen) atoms. The smallest absolute Gasteiger partial charge is 0.317 e. The highest BCUT2D eigenvalue weighted by Gasteiger charge is 2.25. The number of carbonyl (C=O) groups excluding carboxylic acids is 2. The van der Waals surface area contributed by atoms with Crippen LogP contribution in [0.15, 0.2) is 64.5 Å². The second-order valence-corrected chi connectivity index (χ2v) is 13.1. The predicted octanol–water partition coefficient (Wildman–Crippen LogP) is 2.25. The number of hydrogen-bond acceptors (Lipinski definition) is 9. The molecule has 1 aromatic heterocycles. The van der Waals surface area contributed by atoms with Crippen molar-refractivity contribution in [2.45, 2.75) is 37.9 Å². The number of carboxylic acid groups (broad SMARTS) is 1. The van der Waals surface area contributed by atoms with Gasteiger partial charge in [-0.05, 0) is 78.1 Å². The number of sulfone groups is 1. The van der Waals surface area contributed by atoms with Crippen LogP contribution in [0.4, 0.5) is 11.4 Å². The van der Waals surface area contributed by atoms with E-state index in [0.29, 0.717) is 27.8 Å². The Labute approximate surface area is 258 Å². The van der Waals surface area contributed by atoms with Crippen molar-refractivity contribution >= 4 is 49.9 Å². The van der Waals surface area contributed by atoms with Crippen molar-refractivity contribution in [2.24, 2.45) is 0 Å².